The van der Waals surface area contributed by atoms with E-state index in [0.717, 1.165) is 45.1 Å². The monoisotopic (exact) mass is 691 g/mol. The number of hydrogen-bond donors (Lipinski definition) is 1. The molecule has 288 valence electrons. The minimum atomic E-state index is -0.663. The van der Waals surface area contributed by atoms with Gasteiger partial charge in [0.2, 0.25) is 0 Å². The van der Waals surface area contributed by atoms with Gasteiger partial charge in [-0.2, -0.15) is 0 Å². The molecule has 1 N–H and O–H groups in total. The summed E-state index contributed by atoms with van der Waals surface area (Å²) in [5.74, 6) is 0.718. The van der Waals surface area contributed by atoms with Crippen LogP contribution in [0.25, 0.3) is 0 Å². The molecule has 0 bridgehead atoms. The summed E-state index contributed by atoms with van der Waals surface area (Å²) in [6.07, 6.45) is 41.5. The van der Waals surface area contributed by atoms with Crippen LogP contribution in [0.15, 0.2) is 4.99 Å². The van der Waals surface area contributed by atoms with Crippen LogP contribution < -0.4 is 0 Å². The molecule has 0 fully saturated rings. The molecule has 0 aliphatic carbocycles. The number of amidine groups is 1. The zero-order valence-electron chi connectivity index (χ0n) is 32.8. The van der Waals surface area contributed by atoms with Gasteiger partial charge in [0.25, 0.3) is 0 Å². The Balaban J connectivity index is 1.83. The van der Waals surface area contributed by atoms with Gasteiger partial charge in [-0.1, -0.05) is 174 Å². The number of esters is 1. The zero-order chi connectivity index (χ0) is 35.5. The average molecular weight is 691 g/mol. The molecule has 49 heavy (non-hydrogen) atoms. The SMILES string of the molecule is CCCCCCCCCCCCOC(=O)CCCCCCCCCCCCCN1C(CCCCCCCCCCCCC(=O)O)=NCC1C. The minimum Gasteiger partial charge on any atom is -0.481 e. The number of nitrogens with zero attached hydrogens (tertiary/aromatic N) is 2. The summed E-state index contributed by atoms with van der Waals surface area (Å²) in [6, 6.07) is 0.575. The number of unbranched alkanes of at least 4 members (excludes halogenated alkanes) is 28. The highest BCUT2D eigenvalue weighted by atomic mass is 16.5. The second kappa shape index (κ2) is 34.8. The Morgan fingerprint density at radius 3 is 1.49 bits per heavy atom. The van der Waals surface area contributed by atoms with Crippen molar-refractivity contribution in [3.8, 4) is 0 Å². The first-order valence-electron chi connectivity index (χ1n) is 21.7. The van der Waals surface area contributed by atoms with Crippen LogP contribution in [0.5, 0.6) is 0 Å². The normalized spacial score (nSPS) is 14.4. The molecule has 1 rings (SSSR count). The summed E-state index contributed by atoms with van der Waals surface area (Å²) < 4.78 is 5.44. The van der Waals surface area contributed by atoms with Crippen LogP contribution in [0.1, 0.15) is 232 Å². The Kier molecular flexibility index (Phi) is 32.3. The third-order valence-electron chi connectivity index (χ3n) is 10.5. The molecule has 0 amide bonds. The van der Waals surface area contributed by atoms with Crippen LogP contribution in [0.2, 0.25) is 0 Å². The lowest BCUT2D eigenvalue weighted by molar-refractivity contribution is -0.144. The van der Waals surface area contributed by atoms with Crippen molar-refractivity contribution >= 4 is 17.8 Å². The molecule has 0 aromatic rings. The molecule has 1 aliphatic rings. The lowest BCUT2D eigenvalue weighted by atomic mass is 10.0. The fraction of sp³-hybridized carbons (Fsp3) is 0.930. The highest BCUT2D eigenvalue weighted by Gasteiger charge is 2.22. The van der Waals surface area contributed by atoms with Crippen molar-refractivity contribution in [3.63, 3.8) is 0 Å². The van der Waals surface area contributed by atoms with E-state index in [1.165, 1.54) is 179 Å². The van der Waals surface area contributed by atoms with Gasteiger partial charge in [0.1, 0.15) is 0 Å². The standard InChI is InChI=1S/C43H82N2O4/c1-3-4-5-6-7-8-18-23-28-33-38-49-43(48)36-31-26-21-16-10-9-13-17-22-27-32-37-45-40(2)39-44-41(45)34-29-24-19-14-11-12-15-20-25-30-35-42(46)47/h40H,3-39H2,1-2H3,(H,46,47). The van der Waals surface area contributed by atoms with Gasteiger partial charge < -0.3 is 14.7 Å². The van der Waals surface area contributed by atoms with E-state index >= 15 is 0 Å². The van der Waals surface area contributed by atoms with Crippen molar-refractivity contribution in [2.24, 2.45) is 4.99 Å². The first-order chi connectivity index (χ1) is 24.0. The fourth-order valence-electron chi connectivity index (χ4n) is 7.22. The maximum atomic E-state index is 12.0. The van der Waals surface area contributed by atoms with Gasteiger partial charge in [-0.15, -0.1) is 0 Å². The van der Waals surface area contributed by atoms with E-state index < -0.39 is 5.97 Å². The van der Waals surface area contributed by atoms with Crippen molar-refractivity contribution in [2.45, 2.75) is 238 Å². The van der Waals surface area contributed by atoms with Crippen molar-refractivity contribution in [2.75, 3.05) is 19.7 Å². The summed E-state index contributed by atoms with van der Waals surface area (Å²) in [5.41, 5.74) is 0. The van der Waals surface area contributed by atoms with Gasteiger partial charge in [0, 0.05) is 31.8 Å². The van der Waals surface area contributed by atoms with Gasteiger partial charge in [-0.3, -0.25) is 14.6 Å². The number of aliphatic carboxylic acids is 1. The number of carboxylic acid groups (broad SMARTS) is 1. The molecule has 0 saturated heterocycles. The predicted octanol–water partition coefficient (Wildman–Crippen LogP) is 13.0. The molecular formula is C43H82N2O4. The summed E-state index contributed by atoms with van der Waals surface area (Å²) in [6.45, 7) is 7.38. The molecule has 6 heteroatoms. The van der Waals surface area contributed by atoms with E-state index in [4.69, 9.17) is 14.8 Å². The maximum absolute atomic E-state index is 12.0. The van der Waals surface area contributed by atoms with E-state index in [-0.39, 0.29) is 5.97 Å². The van der Waals surface area contributed by atoms with Crippen LogP contribution in [0, 0.1) is 0 Å². The highest BCUT2D eigenvalue weighted by Crippen LogP contribution is 2.19. The second-order valence-electron chi connectivity index (χ2n) is 15.3. The van der Waals surface area contributed by atoms with Gasteiger partial charge >= 0.3 is 11.9 Å². The molecule has 0 aromatic heterocycles. The fourth-order valence-corrected chi connectivity index (χ4v) is 7.22. The third-order valence-corrected chi connectivity index (χ3v) is 10.5. The van der Waals surface area contributed by atoms with Crippen molar-refractivity contribution < 1.29 is 19.4 Å². The highest BCUT2D eigenvalue weighted by molar-refractivity contribution is 5.84. The Morgan fingerprint density at radius 2 is 1.00 bits per heavy atom. The lowest BCUT2D eigenvalue weighted by Crippen LogP contribution is -2.35. The van der Waals surface area contributed by atoms with Crippen LogP contribution in [0.3, 0.4) is 0 Å². The summed E-state index contributed by atoms with van der Waals surface area (Å²) >= 11 is 0. The van der Waals surface area contributed by atoms with Crippen LogP contribution >= 0.6 is 0 Å². The van der Waals surface area contributed by atoms with Crippen molar-refractivity contribution in [3.05, 3.63) is 0 Å². The Labute approximate surface area is 304 Å². The van der Waals surface area contributed by atoms with E-state index in [2.05, 4.69) is 18.7 Å². The van der Waals surface area contributed by atoms with E-state index in [1.807, 2.05) is 0 Å². The summed E-state index contributed by atoms with van der Waals surface area (Å²) in [5, 5.41) is 8.70. The molecule has 1 atom stereocenters. The average Bonchev–Trinajstić information content (AvgIpc) is 3.44. The molecule has 1 unspecified atom stereocenters. The molecular weight excluding hydrogens is 608 g/mol. The summed E-state index contributed by atoms with van der Waals surface area (Å²) in [7, 11) is 0. The number of ether oxygens (including phenoxy) is 1. The Morgan fingerprint density at radius 1 is 0.592 bits per heavy atom. The Bertz CT molecular complexity index is 786. The van der Waals surface area contributed by atoms with E-state index in [9.17, 15) is 9.59 Å². The molecule has 1 aliphatic heterocycles. The molecule has 0 saturated carbocycles. The van der Waals surface area contributed by atoms with Gasteiger partial charge in [-0.05, 0) is 39.0 Å². The maximum Gasteiger partial charge on any atom is 0.305 e. The molecule has 0 spiro atoms. The molecule has 0 aromatic carbocycles. The van der Waals surface area contributed by atoms with Gasteiger partial charge in [0.15, 0.2) is 0 Å². The largest absolute Gasteiger partial charge is 0.481 e. The van der Waals surface area contributed by atoms with Crippen LogP contribution in [-0.2, 0) is 14.3 Å². The van der Waals surface area contributed by atoms with Crippen LogP contribution in [0.4, 0.5) is 0 Å². The topological polar surface area (TPSA) is 79.2 Å². The molecule has 6 nitrogen and oxygen atoms in total. The number of carbonyl (C=O) groups is 2. The summed E-state index contributed by atoms with van der Waals surface area (Å²) in [4.78, 5) is 30.0. The van der Waals surface area contributed by atoms with E-state index in [0.29, 0.717) is 25.5 Å². The molecule has 1 heterocycles. The number of carbonyl (C=O) groups excluding carboxylic acids is 1. The number of aliphatic imine (C=N–C) groups is 1. The zero-order valence-corrected chi connectivity index (χ0v) is 32.8. The second-order valence-corrected chi connectivity index (χ2v) is 15.3. The smallest absolute Gasteiger partial charge is 0.305 e. The predicted molar refractivity (Wildman–Crippen MR) is 210 cm³/mol. The van der Waals surface area contributed by atoms with E-state index in [1.54, 1.807) is 0 Å². The quantitative estimate of drug-likeness (QED) is 0.0515. The molecule has 0 radical (unpaired) electrons. The number of hydrogen-bond acceptors (Lipinski definition) is 5. The first-order valence-corrected chi connectivity index (χ1v) is 21.7. The number of carboxylic acids is 1. The van der Waals surface area contributed by atoms with Crippen LogP contribution in [-0.4, -0.2) is 53.5 Å². The third kappa shape index (κ3) is 29.8. The Hall–Kier alpha value is -1.59. The van der Waals surface area contributed by atoms with Crippen molar-refractivity contribution in [1.82, 2.24) is 4.90 Å². The minimum absolute atomic E-state index is 0.0109. The van der Waals surface area contributed by atoms with Gasteiger partial charge in [0.05, 0.1) is 19.0 Å². The first kappa shape index (κ1) is 45.4. The lowest BCUT2D eigenvalue weighted by Gasteiger charge is -2.25. The number of rotatable bonds is 38. The van der Waals surface area contributed by atoms with Crippen molar-refractivity contribution in [1.29, 1.82) is 0 Å². The van der Waals surface area contributed by atoms with Gasteiger partial charge in [-0.25, -0.2) is 0 Å².